The number of halogens is 1. The Morgan fingerprint density at radius 2 is 2.29 bits per heavy atom. The van der Waals surface area contributed by atoms with Crippen LogP contribution in [0.1, 0.15) is 6.92 Å². The van der Waals surface area contributed by atoms with Gasteiger partial charge in [-0.3, -0.25) is 9.88 Å². The number of anilines is 1. The lowest BCUT2D eigenvalue weighted by Gasteiger charge is -2.29. The predicted molar refractivity (Wildman–Crippen MR) is 69.6 cm³/mol. The van der Waals surface area contributed by atoms with Crippen molar-refractivity contribution in [1.29, 1.82) is 0 Å². The molecular weight excluding hydrogens is 238 g/mol. The van der Waals surface area contributed by atoms with Crippen molar-refractivity contribution >= 4 is 17.3 Å². The molecule has 0 spiro atoms. The van der Waals surface area contributed by atoms with E-state index in [4.69, 9.17) is 16.3 Å². The van der Waals surface area contributed by atoms with Crippen LogP contribution >= 0.6 is 11.6 Å². The summed E-state index contributed by atoms with van der Waals surface area (Å²) in [7, 11) is 0. The topological polar surface area (TPSA) is 37.4 Å². The molecule has 2 heterocycles. The molecule has 1 N–H and O–H groups in total. The molecule has 17 heavy (non-hydrogen) atoms. The van der Waals surface area contributed by atoms with E-state index in [9.17, 15) is 0 Å². The van der Waals surface area contributed by atoms with Gasteiger partial charge in [-0.2, -0.15) is 0 Å². The van der Waals surface area contributed by atoms with Crippen molar-refractivity contribution in [3.63, 3.8) is 0 Å². The van der Waals surface area contributed by atoms with Gasteiger partial charge in [-0.25, -0.2) is 0 Å². The van der Waals surface area contributed by atoms with Crippen molar-refractivity contribution < 1.29 is 4.74 Å². The first kappa shape index (κ1) is 12.6. The first-order valence-electron chi connectivity index (χ1n) is 5.92. The number of pyridine rings is 1. The van der Waals surface area contributed by atoms with Gasteiger partial charge in [0.25, 0.3) is 0 Å². The number of ether oxygens (including phenoxy) is 1. The van der Waals surface area contributed by atoms with E-state index in [0.717, 1.165) is 38.5 Å². The maximum Gasteiger partial charge on any atom is 0.0820 e. The Labute approximate surface area is 107 Å². The molecule has 1 aromatic rings. The molecule has 1 aliphatic rings. The molecule has 4 nitrogen and oxygen atoms in total. The third kappa shape index (κ3) is 3.84. The summed E-state index contributed by atoms with van der Waals surface area (Å²) in [6, 6.07) is 2.26. The highest BCUT2D eigenvalue weighted by Crippen LogP contribution is 2.20. The second-order valence-corrected chi connectivity index (χ2v) is 4.72. The smallest absolute Gasteiger partial charge is 0.0820 e. The van der Waals surface area contributed by atoms with Gasteiger partial charge >= 0.3 is 0 Å². The van der Waals surface area contributed by atoms with Crippen LogP contribution < -0.4 is 5.32 Å². The Hall–Kier alpha value is -0.840. The first-order valence-corrected chi connectivity index (χ1v) is 6.29. The molecule has 1 fully saturated rings. The molecule has 1 saturated heterocycles. The van der Waals surface area contributed by atoms with Gasteiger partial charge in [-0.05, 0) is 13.0 Å². The summed E-state index contributed by atoms with van der Waals surface area (Å²) in [4.78, 5) is 6.37. The maximum atomic E-state index is 6.05. The average molecular weight is 256 g/mol. The normalized spacial score (nSPS) is 18.9. The fraction of sp³-hybridized carbons (Fsp3) is 0.583. The van der Waals surface area contributed by atoms with Crippen LogP contribution in [0.4, 0.5) is 5.69 Å². The quantitative estimate of drug-likeness (QED) is 0.891. The summed E-state index contributed by atoms with van der Waals surface area (Å²) < 4.78 is 5.33. The van der Waals surface area contributed by atoms with E-state index in [-0.39, 0.29) is 0 Å². The molecule has 1 atom stereocenters. The molecule has 0 bridgehead atoms. The van der Waals surface area contributed by atoms with E-state index in [1.807, 2.05) is 6.07 Å². The maximum absolute atomic E-state index is 6.05. The zero-order chi connectivity index (χ0) is 12.1. The molecule has 0 radical (unpaired) electrons. The predicted octanol–water partition coefficient (Wildman–Crippen LogP) is 1.87. The fourth-order valence-electron chi connectivity index (χ4n) is 1.97. The highest BCUT2D eigenvalue weighted by molar-refractivity contribution is 6.33. The van der Waals surface area contributed by atoms with Gasteiger partial charge in [-0.15, -0.1) is 0 Å². The Bertz CT molecular complexity index is 355. The van der Waals surface area contributed by atoms with Crippen LogP contribution in [0.15, 0.2) is 18.5 Å². The largest absolute Gasteiger partial charge is 0.380 e. The number of morpholine rings is 1. The van der Waals surface area contributed by atoms with Crippen LogP contribution in [0, 0.1) is 0 Å². The number of nitrogens with zero attached hydrogens (tertiary/aromatic N) is 2. The Balaban J connectivity index is 1.84. The van der Waals surface area contributed by atoms with E-state index in [1.165, 1.54) is 0 Å². The molecule has 1 aliphatic heterocycles. The molecule has 0 aromatic carbocycles. The second-order valence-electron chi connectivity index (χ2n) is 4.31. The highest BCUT2D eigenvalue weighted by atomic mass is 35.5. The van der Waals surface area contributed by atoms with Crippen molar-refractivity contribution in [2.75, 3.05) is 38.2 Å². The third-order valence-corrected chi connectivity index (χ3v) is 3.11. The van der Waals surface area contributed by atoms with Crippen molar-refractivity contribution in [3.8, 4) is 0 Å². The Morgan fingerprint density at radius 3 is 3.00 bits per heavy atom. The van der Waals surface area contributed by atoms with E-state index < -0.39 is 0 Å². The molecule has 2 rings (SSSR count). The number of nitrogens with one attached hydrogen (secondary N) is 1. The van der Waals surface area contributed by atoms with Gasteiger partial charge in [0.05, 0.1) is 23.9 Å². The summed E-state index contributed by atoms with van der Waals surface area (Å²) >= 11 is 6.05. The number of aromatic nitrogens is 1. The van der Waals surface area contributed by atoms with Gasteiger partial charge in [0.2, 0.25) is 0 Å². The fourth-order valence-corrected chi connectivity index (χ4v) is 2.15. The SMILES string of the molecule is C[C@@H](CN1CCOCC1)Nc1ccncc1Cl. The lowest BCUT2D eigenvalue weighted by molar-refractivity contribution is 0.0368. The van der Waals surface area contributed by atoms with Crippen LogP contribution in [-0.2, 0) is 4.74 Å². The molecule has 1 aromatic heterocycles. The van der Waals surface area contributed by atoms with Crippen LogP contribution in [0.25, 0.3) is 0 Å². The first-order chi connectivity index (χ1) is 8.25. The lowest BCUT2D eigenvalue weighted by atomic mass is 10.2. The summed E-state index contributed by atoms with van der Waals surface area (Å²) in [5.41, 5.74) is 0.947. The molecule has 94 valence electrons. The Morgan fingerprint density at radius 1 is 1.53 bits per heavy atom. The van der Waals surface area contributed by atoms with Crippen molar-refractivity contribution in [3.05, 3.63) is 23.5 Å². The van der Waals surface area contributed by atoms with Gasteiger partial charge in [-0.1, -0.05) is 11.6 Å². The van der Waals surface area contributed by atoms with E-state index >= 15 is 0 Å². The zero-order valence-electron chi connectivity index (χ0n) is 10.0. The standard InChI is InChI=1S/C12H18ClN3O/c1-10(9-16-4-6-17-7-5-16)15-12-2-3-14-8-11(12)13/h2-3,8,10H,4-7,9H2,1H3,(H,14,15)/t10-/m0/s1. The minimum absolute atomic E-state index is 0.355. The summed E-state index contributed by atoms with van der Waals surface area (Å²) in [5, 5.41) is 4.07. The molecule has 0 saturated carbocycles. The summed E-state index contributed by atoms with van der Waals surface area (Å²) in [6.45, 7) is 6.85. The summed E-state index contributed by atoms with van der Waals surface area (Å²) in [6.07, 6.45) is 3.40. The molecule has 0 aliphatic carbocycles. The molecule has 5 heteroatoms. The third-order valence-electron chi connectivity index (χ3n) is 2.81. The molecule has 0 unspecified atom stereocenters. The van der Waals surface area contributed by atoms with E-state index in [1.54, 1.807) is 12.4 Å². The van der Waals surface area contributed by atoms with Crippen molar-refractivity contribution in [2.45, 2.75) is 13.0 Å². The minimum Gasteiger partial charge on any atom is -0.380 e. The van der Waals surface area contributed by atoms with Gasteiger partial charge < -0.3 is 10.1 Å². The highest BCUT2D eigenvalue weighted by Gasteiger charge is 2.14. The van der Waals surface area contributed by atoms with Crippen molar-refractivity contribution in [2.24, 2.45) is 0 Å². The van der Waals surface area contributed by atoms with E-state index in [0.29, 0.717) is 11.1 Å². The molecular formula is C12H18ClN3O. The number of hydrogen-bond donors (Lipinski definition) is 1. The van der Waals surface area contributed by atoms with Crippen LogP contribution in [0.5, 0.6) is 0 Å². The van der Waals surface area contributed by atoms with Gasteiger partial charge in [0.15, 0.2) is 0 Å². The average Bonchev–Trinajstić information content (AvgIpc) is 2.33. The number of hydrogen-bond acceptors (Lipinski definition) is 4. The summed E-state index contributed by atoms with van der Waals surface area (Å²) in [5.74, 6) is 0. The van der Waals surface area contributed by atoms with Crippen LogP contribution in [0.3, 0.4) is 0 Å². The van der Waals surface area contributed by atoms with Gasteiger partial charge in [0, 0.05) is 38.1 Å². The van der Waals surface area contributed by atoms with Crippen LogP contribution in [-0.4, -0.2) is 48.8 Å². The lowest BCUT2D eigenvalue weighted by Crippen LogP contribution is -2.42. The van der Waals surface area contributed by atoms with Crippen molar-refractivity contribution in [1.82, 2.24) is 9.88 Å². The molecule has 0 amide bonds. The van der Waals surface area contributed by atoms with E-state index in [2.05, 4.69) is 22.1 Å². The Kier molecular flexibility index (Phi) is 4.59. The number of rotatable bonds is 4. The minimum atomic E-state index is 0.355. The zero-order valence-corrected chi connectivity index (χ0v) is 10.8. The van der Waals surface area contributed by atoms with Gasteiger partial charge in [0.1, 0.15) is 0 Å². The monoisotopic (exact) mass is 255 g/mol. The second kappa shape index (κ2) is 6.19. The van der Waals surface area contributed by atoms with Crippen LogP contribution in [0.2, 0.25) is 5.02 Å².